The third kappa shape index (κ3) is 4.26. The average molecular weight is 422 g/mol. The molecule has 29 heavy (non-hydrogen) atoms. The average Bonchev–Trinajstić information content (AvgIpc) is 3.18. The molecule has 0 aliphatic carbocycles. The van der Waals surface area contributed by atoms with Gasteiger partial charge in [-0.15, -0.1) is 23.1 Å². The van der Waals surface area contributed by atoms with Crippen LogP contribution in [0.25, 0.3) is 21.3 Å². The smallest absolute Gasteiger partial charge is 0.262 e. The monoisotopic (exact) mass is 421 g/mol. The number of nitrogens with zero attached hydrogens (tertiary/aromatic N) is 2. The standard InChI is InChI=1S/C22H19N3O2S2/c1-14-7-9-15(10-8-14)16-12-29-22-20(16)21(23-13-24-22)27-11-19(26)25-17-5-3-4-6-18(17)28-2/h3-10,12-13H,11H2,1-2H3,(H,25,26). The van der Waals surface area contributed by atoms with Crippen molar-refractivity contribution >= 4 is 44.9 Å². The molecule has 0 fully saturated rings. The highest BCUT2D eigenvalue weighted by Gasteiger charge is 2.15. The Balaban J connectivity index is 1.56. The van der Waals surface area contributed by atoms with Crippen LogP contribution in [0.5, 0.6) is 5.88 Å². The number of aromatic nitrogens is 2. The second kappa shape index (κ2) is 8.63. The summed E-state index contributed by atoms with van der Waals surface area (Å²) in [5.41, 5.74) is 4.05. The number of para-hydroxylation sites is 1. The van der Waals surface area contributed by atoms with Gasteiger partial charge in [-0.05, 0) is 30.9 Å². The van der Waals surface area contributed by atoms with E-state index in [0.29, 0.717) is 5.88 Å². The fourth-order valence-corrected chi connectivity index (χ4v) is 4.43. The van der Waals surface area contributed by atoms with Gasteiger partial charge in [-0.3, -0.25) is 4.79 Å². The Bertz CT molecular complexity index is 1160. The van der Waals surface area contributed by atoms with E-state index in [1.165, 1.54) is 23.2 Å². The van der Waals surface area contributed by atoms with Gasteiger partial charge in [-0.1, -0.05) is 42.0 Å². The van der Waals surface area contributed by atoms with E-state index in [2.05, 4.69) is 46.5 Å². The number of carbonyl (C=O) groups is 1. The normalized spacial score (nSPS) is 10.8. The Kier molecular flexibility index (Phi) is 5.78. The Morgan fingerprint density at radius 2 is 1.93 bits per heavy atom. The molecule has 5 nitrogen and oxygen atoms in total. The molecular formula is C22H19N3O2S2. The van der Waals surface area contributed by atoms with E-state index < -0.39 is 0 Å². The minimum atomic E-state index is -0.231. The zero-order chi connectivity index (χ0) is 20.2. The number of carbonyl (C=O) groups excluding carboxylic acids is 1. The summed E-state index contributed by atoms with van der Waals surface area (Å²) >= 11 is 3.12. The molecule has 4 aromatic rings. The molecule has 0 saturated carbocycles. The molecule has 4 rings (SSSR count). The van der Waals surface area contributed by atoms with Crippen LogP contribution in [0.2, 0.25) is 0 Å². The van der Waals surface area contributed by atoms with E-state index in [9.17, 15) is 4.79 Å². The van der Waals surface area contributed by atoms with E-state index in [4.69, 9.17) is 4.74 Å². The van der Waals surface area contributed by atoms with Gasteiger partial charge in [0.15, 0.2) is 6.61 Å². The lowest BCUT2D eigenvalue weighted by Gasteiger charge is -2.11. The van der Waals surface area contributed by atoms with Crippen molar-refractivity contribution < 1.29 is 9.53 Å². The third-order valence-electron chi connectivity index (χ3n) is 4.42. The maximum atomic E-state index is 12.4. The van der Waals surface area contributed by atoms with Crippen LogP contribution in [0.4, 0.5) is 5.69 Å². The highest BCUT2D eigenvalue weighted by atomic mass is 32.2. The van der Waals surface area contributed by atoms with Crippen molar-refractivity contribution in [2.75, 3.05) is 18.2 Å². The predicted molar refractivity (Wildman–Crippen MR) is 120 cm³/mol. The van der Waals surface area contributed by atoms with E-state index in [1.54, 1.807) is 11.8 Å². The number of amides is 1. The lowest BCUT2D eigenvalue weighted by molar-refractivity contribution is -0.118. The van der Waals surface area contributed by atoms with Crippen molar-refractivity contribution in [1.82, 2.24) is 9.97 Å². The molecule has 0 aliphatic heterocycles. The topological polar surface area (TPSA) is 64.1 Å². The summed E-state index contributed by atoms with van der Waals surface area (Å²) in [6.45, 7) is 1.93. The SMILES string of the molecule is CSc1ccccc1NC(=O)COc1ncnc2scc(-c3ccc(C)cc3)c12. The van der Waals surface area contributed by atoms with Gasteiger partial charge in [0.2, 0.25) is 5.88 Å². The Labute approximate surface area is 177 Å². The number of aryl methyl sites for hydroxylation is 1. The molecule has 0 bridgehead atoms. The number of hydrogen-bond acceptors (Lipinski definition) is 6. The molecule has 0 aliphatic rings. The maximum Gasteiger partial charge on any atom is 0.262 e. The number of anilines is 1. The molecule has 146 valence electrons. The molecule has 0 atom stereocenters. The first-order valence-corrected chi connectivity index (χ1v) is 11.1. The van der Waals surface area contributed by atoms with Crippen LogP contribution in [0.3, 0.4) is 0 Å². The molecule has 7 heteroatoms. The number of nitrogens with one attached hydrogen (secondary N) is 1. The summed E-state index contributed by atoms with van der Waals surface area (Å²) in [5, 5.41) is 5.78. The van der Waals surface area contributed by atoms with Crippen molar-refractivity contribution in [3.05, 3.63) is 65.8 Å². The van der Waals surface area contributed by atoms with Crippen molar-refractivity contribution in [2.45, 2.75) is 11.8 Å². The molecule has 0 radical (unpaired) electrons. The van der Waals surface area contributed by atoms with E-state index >= 15 is 0 Å². The van der Waals surface area contributed by atoms with Crippen LogP contribution in [0.15, 0.2) is 65.1 Å². The fourth-order valence-electron chi connectivity index (χ4n) is 2.97. The van der Waals surface area contributed by atoms with Crippen molar-refractivity contribution in [1.29, 1.82) is 0 Å². The Hall–Kier alpha value is -2.90. The van der Waals surface area contributed by atoms with Gasteiger partial charge >= 0.3 is 0 Å². The lowest BCUT2D eigenvalue weighted by atomic mass is 10.0. The zero-order valence-electron chi connectivity index (χ0n) is 16.0. The van der Waals surface area contributed by atoms with Crippen molar-refractivity contribution in [3.8, 4) is 17.0 Å². The summed E-state index contributed by atoms with van der Waals surface area (Å²) < 4.78 is 5.81. The van der Waals surface area contributed by atoms with Crippen LogP contribution >= 0.6 is 23.1 Å². The molecule has 1 N–H and O–H groups in total. The number of thioether (sulfide) groups is 1. The van der Waals surface area contributed by atoms with Gasteiger partial charge in [0.05, 0.1) is 11.1 Å². The highest BCUT2D eigenvalue weighted by Crippen LogP contribution is 2.37. The molecule has 1 amide bonds. The highest BCUT2D eigenvalue weighted by molar-refractivity contribution is 7.98. The summed E-state index contributed by atoms with van der Waals surface area (Å²) in [6, 6.07) is 16.0. The number of fused-ring (bicyclic) bond motifs is 1. The van der Waals surface area contributed by atoms with Gasteiger partial charge in [0.1, 0.15) is 11.2 Å². The van der Waals surface area contributed by atoms with E-state index in [1.807, 2.05) is 35.9 Å². The first-order valence-electron chi connectivity index (χ1n) is 9.00. The summed E-state index contributed by atoms with van der Waals surface area (Å²) in [4.78, 5) is 22.9. The van der Waals surface area contributed by atoms with Crippen LogP contribution in [0, 0.1) is 6.92 Å². The quantitative estimate of drug-likeness (QED) is 0.422. The lowest BCUT2D eigenvalue weighted by Crippen LogP contribution is -2.20. The third-order valence-corrected chi connectivity index (χ3v) is 6.10. The molecule has 0 unspecified atom stereocenters. The first-order chi connectivity index (χ1) is 14.2. The zero-order valence-corrected chi connectivity index (χ0v) is 17.6. The number of hydrogen-bond donors (Lipinski definition) is 1. The van der Waals surface area contributed by atoms with E-state index in [0.717, 1.165) is 31.9 Å². The number of thiophene rings is 1. The predicted octanol–water partition coefficient (Wildman–Crippen LogP) is 5.41. The molecular weight excluding hydrogens is 402 g/mol. The van der Waals surface area contributed by atoms with Gasteiger partial charge in [0, 0.05) is 15.8 Å². The minimum absolute atomic E-state index is 0.127. The second-order valence-electron chi connectivity index (χ2n) is 6.41. The Morgan fingerprint density at radius 1 is 1.14 bits per heavy atom. The molecule has 2 aromatic carbocycles. The summed E-state index contributed by atoms with van der Waals surface area (Å²) in [5.74, 6) is 0.186. The molecule has 2 heterocycles. The number of ether oxygens (including phenoxy) is 1. The fraction of sp³-hybridized carbons (Fsp3) is 0.136. The van der Waals surface area contributed by atoms with Crippen LogP contribution in [-0.4, -0.2) is 28.7 Å². The molecule has 2 aromatic heterocycles. The van der Waals surface area contributed by atoms with E-state index in [-0.39, 0.29) is 12.5 Å². The Morgan fingerprint density at radius 3 is 2.72 bits per heavy atom. The molecule has 0 saturated heterocycles. The van der Waals surface area contributed by atoms with Crippen LogP contribution in [0.1, 0.15) is 5.56 Å². The summed E-state index contributed by atoms with van der Waals surface area (Å²) in [7, 11) is 0. The van der Waals surface area contributed by atoms with Crippen molar-refractivity contribution in [2.24, 2.45) is 0 Å². The summed E-state index contributed by atoms with van der Waals surface area (Å²) in [6.07, 6.45) is 3.44. The van der Waals surface area contributed by atoms with Crippen molar-refractivity contribution in [3.63, 3.8) is 0 Å². The molecule has 0 spiro atoms. The van der Waals surface area contributed by atoms with Gasteiger partial charge in [-0.2, -0.15) is 0 Å². The van der Waals surface area contributed by atoms with Gasteiger partial charge < -0.3 is 10.1 Å². The van der Waals surface area contributed by atoms with Gasteiger partial charge in [-0.25, -0.2) is 9.97 Å². The first kappa shape index (κ1) is 19.4. The number of benzene rings is 2. The second-order valence-corrected chi connectivity index (χ2v) is 8.12. The minimum Gasteiger partial charge on any atom is -0.467 e. The van der Waals surface area contributed by atoms with Gasteiger partial charge in [0.25, 0.3) is 5.91 Å². The van der Waals surface area contributed by atoms with Crippen LogP contribution < -0.4 is 10.1 Å². The number of rotatable bonds is 6. The maximum absolute atomic E-state index is 12.4. The van der Waals surface area contributed by atoms with Crippen LogP contribution in [-0.2, 0) is 4.79 Å². The largest absolute Gasteiger partial charge is 0.467 e.